The number of esters is 1. The Morgan fingerprint density at radius 2 is 1.91 bits per heavy atom. The lowest BCUT2D eigenvalue weighted by molar-refractivity contribution is -0.141. The van der Waals surface area contributed by atoms with Gasteiger partial charge in [0, 0.05) is 3.57 Å². The molecule has 0 aliphatic carbocycles. The van der Waals surface area contributed by atoms with E-state index in [0.717, 1.165) is 3.57 Å². The first-order valence-electron chi connectivity index (χ1n) is 6.95. The topological polar surface area (TPSA) is 56.5 Å². The molecule has 3 rings (SSSR count). The SMILES string of the molecule is COC(=O)C(c1ccccc1)c1coc2cc(I)ccc2c1=O. The Balaban J connectivity index is 2.23. The Morgan fingerprint density at radius 1 is 1.17 bits per heavy atom. The number of hydrogen-bond donors (Lipinski definition) is 0. The summed E-state index contributed by atoms with van der Waals surface area (Å²) in [6, 6.07) is 14.4. The number of halogens is 1. The quantitative estimate of drug-likeness (QED) is 0.479. The summed E-state index contributed by atoms with van der Waals surface area (Å²) in [6.45, 7) is 0. The summed E-state index contributed by atoms with van der Waals surface area (Å²) < 4.78 is 11.4. The number of ether oxygens (including phenoxy) is 1. The highest BCUT2D eigenvalue weighted by Crippen LogP contribution is 2.26. The molecule has 5 heteroatoms. The van der Waals surface area contributed by atoms with E-state index in [1.807, 2.05) is 24.3 Å². The Morgan fingerprint density at radius 3 is 2.61 bits per heavy atom. The molecule has 0 radical (unpaired) electrons. The highest BCUT2D eigenvalue weighted by Gasteiger charge is 2.27. The molecule has 3 aromatic rings. The van der Waals surface area contributed by atoms with Crippen LogP contribution in [0.4, 0.5) is 0 Å². The molecule has 2 aromatic carbocycles. The van der Waals surface area contributed by atoms with E-state index in [9.17, 15) is 9.59 Å². The van der Waals surface area contributed by atoms with E-state index in [2.05, 4.69) is 22.6 Å². The second-order valence-electron chi connectivity index (χ2n) is 5.03. The van der Waals surface area contributed by atoms with Crippen LogP contribution in [0.1, 0.15) is 17.0 Å². The zero-order valence-electron chi connectivity index (χ0n) is 12.3. The van der Waals surface area contributed by atoms with Crippen LogP contribution in [0.2, 0.25) is 0 Å². The monoisotopic (exact) mass is 420 g/mol. The van der Waals surface area contributed by atoms with E-state index in [0.29, 0.717) is 16.5 Å². The van der Waals surface area contributed by atoms with Crippen LogP contribution in [-0.2, 0) is 9.53 Å². The summed E-state index contributed by atoms with van der Waals surface area (Å²) in [7, 11) is 1.31. The van der Waals surface area contributed by atoms with E-state index in [-0.39, 0.29) is 11.0 Å². The predicted molar refractivity (Wildman–Crippen MR) is 95.5 cm³/mol. The van der Waals surface area contributed by atoms with E-state index < -0.39 is 11.9 Å². The third kappa shape index (κ3) is 3.01. The molecule has 0 amide bonds. The van der Waals surface area contributed by atoms with Crippen molar-refractivity contribution in [1.29, 1.82) is 0 Å². The van der Waals surface area contributed by atoms with E-state index in [1.54, 1.807) is 24.3 Å². The van der Waals surface area contributed by atoms with Gasteiger partial charge in [0.05, 0.1) is 24.3 Å². The molecular formula is C18H13IO4. The third-order valence-corrected chi connectivity index (χ3v) is 4.32. The Hall–Kier alpha value is -2.15. The van der Waals surface area contributed by atoms with Gasteiger partial charge in [0.1, 0.15) is 11.5 Å². The fourth-order valence-electron chi connectivity index (χ4n) is 2.52. The largest absolute Gasteiger partial charge is 0.468 e. The minimum atomic E-state index is -0.805. The molecule has 4 nitrogen and oxygen atoms in total. The van der Waals surface area contributed by atoms with Crippen molar-refractivity contribution < 1.29 is 13.9 Å². The van der Waals surface area contributed by atoms with Crippen molar-refractivity contribution in [2.75, 3.05) is 7.11 Å². The number of fused-ring (bicyclic) bond motifs is 1. The number of carbonyl (C=O) groups excluding carboxylic acids is 1. The van der Waals surface area contributed by atoms with E-state index in [1.165, 1.54) is 13.4 Å². The van der Waals surface area contributed by atoms with E-state index in [4.69, 9.17) is 9.15 Å². The fraction of sp³-hybridized carbons (Fsp3) is 0.111. The van der Waals surface area contributed by atoms with E-state index >= 15 is 0 Å². The van der Waals surface area contributed by atoms with Gasteiger partial charge in [-0.15, -0.1) is 0 Å². The molecule has 0 spiro atoms. The Labute approximate surface area is 146 Å². The van der Waals surface area contributed by atoms with Gasteiger partial charge in [-0.1, -0.05) is 30.3 Å². The first-order valence-corrected chi connectivity index (χ1v) is 8.03. The minimum absolute atomic E-state index is 0.220. The van der Waals surface area contributed by atoms with Gasteiger partial charge >= 0.3 is 5.97 Å². The maximum absolute atomic E-state index is 12.8. The molecule has 1 atom stereocenters. The first kappa shape index (κ1) is 15.7. The Bertz CT molecular complexity index is 915. The molecule has 0 aliphatic rings. The van der Waals surface area contributed by atoms with Crippen LogP contribution in [0.25, 0.3) is 11.0 Å². The molecule has 0 saturated carbocycles. The van der Waals surface area contributed by atoms with Gasteiger partial charge in [-0.25, -0.2) is 0 Å². The zero-order valence-corrected chi connectivity index (χ0v) is 14.4. The first-order chi connectivity index (χ1) is 11.1. The summed E-state index contributed by atoms with van der Waals surface area (Å²) in [5.41, 5.74) is 1.25. The van der Waals surface area contributed by atoms with Crippen molar-refractivity contribution in [3.8, 4) is 0 Å². The number of benzene rings is 2. The second kappa shape index (κ2) is 6.54. The number of carbonyl (C=O) groups is 1. The molecule has 1 heterocycles. The van der Waals surface area contributed by atoms with Crippen molar-refractivity contribution in [2.24, 2.45) is 0 Å². The number of hydrogen-bond acceptors (Lipinski definition) is 4. The summed E-state index contributed by atoms with van der Waals surface area (Å²) in [4.78, 5) is 25.1. The molecule has 0 fully saturated rings. The molecule has 23 heavy (non-hydrogen) atoms. The van der Waals surface area contributed by atoms with Gasteiger partial charge in [0.15, 0.2) is 5.43 Å². The van der Waals surface area contributed by atoms with Crippen LogP contribution >= 0.6 is 22.6 Å². The van der Waals surface area contributed by atoms with Crippen LogP contribution < -0.4 is 5.43 Å². The van der Waals surface area contributed by atoms with Gasteiger partial charge in [0.25, 0.3) is 0 Å². The standard InChI is InChI=1S/C18H13IO4/c1-22-18(21)16(11-5-3-2-4-6-11)14-10-23-15-9-12(19)7-8-13(15)17(14)20/h2-10,16H,1H3. The fourth-order valence-corrected chi connectivity index (χ4v) is 2.98. The molecule has 0 aliphatic heterocycles. The van der Waals surface area contributed by atoms with Crippen molar-refractivity contribution >= 4 is 39.5 Å². The lowest BCUT2D eigenvalue weighted by Crippen LogP contribution is -2.22. The predicted octanol–water partition coefficient (Wildman–Crippen LogP) is 3.70. The summed E-state index contributed by atoms with van der Waals surface area (Å²) >= 11 is 2.15. The van der Waals surface area contributed by atoms with Crippen LogP contribution in [-0.4, -0.2) is 13.1 Å². The van der Waals surface area contributed by atoms with Gasteiger partial charge in [-0.05, 0) is 46.4 Å². The average Bonchev–Trinajstić information content (AvgIpc) is 2.58. The second-order valence-corrected chi connectivity index (χ2v) is 6.27. The number of methoxy groups -OCH3 is 1. The van der Waals surface area contributed by atoms with Gasteiger partial charge in [-0.2, -0.15) is 0 Å². The van der Waals surface area contributed by atoms with Crippen LogP contribution in [0.5, 0.6) is 0 Å². The highest BCUT2D eigenvalue weighted by atomic mass is 127. The molecule has 0 saturated heterocycles. The summed E-state index contributed by atoms with van der Waals surface area (Å²) in [6.07, 6.45) is 1.36. The highest BCUT2D eigenvalue weighted by molar-refractivity contribution is 14.1. The molecule has 0 N–H and O–H groups in total. The van der Waals surface area contributed by atoms with Crippen molar-refractivity contribution in [1.82, 2.24) is 0 Å². The molecular weight excluding hydrogens is 407 g/mol. The normalized spacial score (nSPS) is 12.1. The third-order valence-electron chi connectivity index (χ3n) is 3.64. The van der Waals surface area contributed by atoms with Crippen LogP contribution in [0, 0.1) is 3.57 Å². The van der Waals surface area contributed by atoms with Crippen LogP contribution in [0.3, 0.4) is 0 Å². The Kier molecular flexibility index (Phi) is 4.47. The lowest BCUT2D eigenvalue weighted by atomic mass is 9.92. The minimum Gasteiger partial charge on any atom is -0.468 e. The van der Waals surface area contributed by atoms with Gasteiger partial charge in [0.2, 0.25) is 0 Å². The van der Waals surface area contributed by atoms with Crippen molar-refractivity contribution in [2.45, 2.75) is 5.92 Å². The molecule has 1 aromatic heterocycles. The smallest absolute Gasteiger partial charge is 0.317 e. The summed E-state index contributed by atoms with van der Waals surface area (Å²) in [5.74, 6) is -1.30. The van der Waals surface area contributed by atoms with Crippen LogP contribution in [0.15, 0.2) is 64.0 Å². The maximum Gasteiger partial charge on any atom is 0.317 e. The van der Waals surface area contributed by atoms with Crippen molar-refractivity contribution in [3.05, 3.63) is 79.7 Å². The lowest BCUT2D eigenvalue weighted by Gasteiger charge is -2.14. The van der Waals surface area contributed by atoms with Gasteiger partial charge in [-0.3, -0.25) is 9.59 Å². The molecule has 0 bridgehead atoms. The molecule has 1 unspecified atom stereocenters. The van der Waals surface area contributed by atoms with Crippen molar-refractivity contribution in [3.63, 3.8) is 0 Å². The average molecular weight is 420 g/mol. The zero-order chi connectivity index (χ0) is 16.4. The molecule has 116 valence electrons. The number of rotatable bonds is 3. The van der Waals surface area contributed by atoms with Gasteiger partial charge < -0.3 is 9.15 Å². The maximum atomic E-state index is 12.8. The summed E-state index contributed by atoms with van der Waals surface area (Å²) in [5, 5.41) is 0.452.